The molecule has 2 amide bonds. The Bertz CT molecular complexity index is 1050. The van der Waals surface area contributed by atoms with Crippen LogP contribution in [0.1, 0.15) is 18.4 Å². The highest BCUT2D eigenvalue weighted by Gasteiger charge is 2.58. The molecular formula is C21H20F3N5O2. The summed E-state index contributed by atoms with van der Waals surface area (Å²) in [5.41, 5.74) is 9.09. The molecule has 2 heterocycles. The van der Waals surface area contributed by atoms with Crippen molar-refractivity contribution >= 4 is 23.2 Å². The number of anilines is 2. The van der Waals surface area contributed by atoms with Crippen LogP contribution in [0.5, 0.6) is 0 Å². The third kappa shape index (κ3) is 3.81. The summed E-state index contributed by atoms with van der Waals surface area (Å²) < 4.78 is 41.4. The number of benzene rings is 2. The van der Waals surface area contributed by atoms with E-state index < -0.39 is 36.1 Å². The minimum absolute atomic E-state index is 0.193. The Morgan fingerprint density at radius 1 is 1.13 bits per heavy atom. The normalized spacial score (nSPS) is 23.4. The molecule has 2 aromatic rings. The fourth-order valence-electron chi connectivity index (χ4n) is 3.97. The molecule has 3 unspecified atom stereocenters. The minimum atomic E-state index is -4.61. The van der Waals surface area contributed by atoms with E-state index in [0.717, 1.165) is 5.01 Å². The quantitative estimate of drug-likeness (QED) is 0.442. The van der Waals surface area contributed by atoms with Gasteiger partial charge in [0.2, 0.25) is 0 Å². The summed E-state index contributed by atoms with van der Waals surface area (Å²) in [4.78, 5) is 25.8. The lowest BCUT2D eigenvalue weighted by Crippen LogP contribution is -2.56. The highest BCUT2D eigenvalue weighted by Crippen LogP contribution is 2.41. The van der Waals surface area contributed by atoms with Crippen molar-refractivity contribution in [2.45, 2.75) is 31.2 Å². The molecule has 0 aliphatic carbocycles. The number of nitrogens with two attached hydrogens (primary N) is 1. The number of hydrogen-bond acceptors (Lipinski definition) is 5. The van der Waals surface area contributed by atoms with E-state index in [4.69, 9.17) is 5.73 Å². The molecule has 1 saturated heterocycles. The standard InChI is InChI=1S/C21H20F3N5O2/c1-11-15(19(30)27-14-9-5-8-13(25)10-14)20(31)29-18(26-11)16(12-6-3-2-4-7-12)17(28-29)21(22,23)24/h2-10,16-18,26,28H,25H2,1H3,(H,27,30). The van der Waals surface area contributed by atoms with Gasteiger partial charge in [-0.1, -0.05) is 36.4 Å². The Balaban J connectivity index is 1.66. The van der Waals surface area contributed by atoms with Gasteiger partial charge in [-0.05, 0) is 30.7 Å². The van der Waals surface area contributed by atoms with E-state index in [1.807, 2.05) is 0 Å². The molecule has 5 N–H and O–H groups in total. The number of allylic oxidation sites excluding steroid dienone is 1. The van der Waals surface area contributed by atoms with Crippen LogP contribution in [0, 0.1) is 0 Å². The average molecular weight is 431 g/mol. The zero-order chi connectivity index (χ0) is 22.3. The minimum Gasteiger partial charge on any atom is -0.399 e. The Kier molecular flexibility index (Phi) is 5.10. The number of rotatable bonds is 3. The first-order chi connectivity index (χ1) is 14.7. The molecule has 0 bridgehead atoms. The smallest absolute Gasteiger partial charge is 0.399 e. The second-order valence-electron chi connectivity index (χ2n) is 7.43. The van der Waals surface area contributed by atoms with Gasteiger partial charge in [0.25, 0.3) is 11.8 Å². The molecule has 1 fully saturated rings. The number of hydrazine groups is 1. The van der Waals surface area contributed by atoms with Crippen LogP contribution in [0.4, 0.5) is 24.5 Å². The number of fused-ring (bicyclic) bond motifs is 1. The fraction of sp³-hybridized carbons (Fsp3) is 0.238. The largest absolute Gasteiger partial charge is 0.406 e. The second-order valence-corrected chi connectivity index (χ2v) is 7.43. The predicted molar refractivity (Wildman–Crippen MR) is 108 cm³/mol. The molecule has 3 atom stereocenters. The molecule has 2 aliphatic heterocycles. The van der Waals surface area contributed by atoms with Crippen molar-refractivity contribution in [2.24, 2.45) is 0 Å². The highest BCUT2D eigenvalue weighted by atomic mass is 19.4. The van der Waals surface area contributed by atoms with Crippen molar-refractivity contribution in [3.8, 4) is 0 Å². The molecule has 162 valence electrons. The summed E-state index contributed by atoms with van der Waals surface area (Å²) in [6, 6.07) is 12.5. The van der Waals surface area contributed by atoms with Crippen molar-refractivity contribution in [1.29, 1.82) is 0 Å². The maximum atomic E-state index is 13.8. The topological polar surface area (TPSA) is 99.5 Å². The molecular weight excluding hydrogens is 411 g/mol. The summed E-state index contributed by atoms with van der Waals surface area (Å²) in [6.07, 6.45) is -5.62. The molecule has 10 heteroatoms. The van der Waals surface area contributed by atoms with E-state index in [-0.39, 0.29) is 11.3 Å². The summed E-state index contributed by atoms with van der Waals surface area (Å²) in [5.74, 6) is -2.68. The number of halogens is 3. The van der Waals surface area contributed by atoms with Gasteiger partial charge in [-0.3, -0.25) is 9.59 Å². The lowest BCUT2D eigenvalue weighted by atomic mass is 9.89. The van der Waals surface area contributed by atoms with Gasteiger partial charge in [-0.2, -0.15) is 13.2 Å². The Morgan fingerprint density at radius 2 is 1.84 bits per heavy atom. The Labute approximate surface area is 176 Å². The van der Waals surface area contributed by atoms with Gasteiger partial charge in [0, 0.05) is 17.1 Å². The molecule has 31 heavy (non-hydrogen) atoms. The van der Waals surface area contributed by atoms with Crippen molar-refractivity contribution in [3.63, 3.8) is 0 Å². The second kappa shape index (κ2) is 7.62. The first-order valence-corrected chi connectivity index (χ1v) is 9.52. The molecule has 4 rings (SSSR count). The summed E-state index contributed by atoms with van der Waals surface area (Å²) in [7, 11) is 0. The zero-order valence-corrected chi connectivity index (χ0v) is 16.4. The number of alkyl halides is 3. The molecule has 0 aromatic heterocycles. The molecule has 0 spiro atoms. The van der Waals surface area contributed by atoms with Crippen molar-refractivity contribution in [3.05, 3.63) is 71.4 Å². The van der Waals surface area contributed by atoms with E-state index in [0.29, 0.717) is 16.9 Å². The third-order valence-electron chi connectivity index (χ3n) is 5.34. The number of nitrogens with zero attached hydrogens (tertiary/aromatic N) is 1. The summed E-state index contributed by atoms with van der Waals surface area (Å²) >= 11 is 0. The third-order valence-corrected chi connectivity index (χ3v) is 5.34. The monoisotopic (exact) mass is 431 g/mol. The molecule has 7 nitrogen and oxygen atoms in total. The van der Waals surface area contributed by atoms with Crippen LogP contribution >= 0.6 is 0 Å². The molecule has 0 saturated carbocycles. The van der Waals surface area contributed by atoms with Crippen LogP contribution in [0.25, 0.3) is 0 Å². The van der Waals surface area contributed by atoms with Gasteiger partial charge >= 0.3 is 6.18 Å². The SMILES string of the molecule is CC1=C(C(=O)Nc2cccc(N)c2)C(=O)N2NC(C(F)(F)F)C(c3ccccc3)C2N1. The summed E-state index contributed by atoms with van der Waals surface area (Å²) in [6.45, 7) is 1.49. The fourth-order valence-corrected chi connectivity index (χ4v) is 3.97. The lowest BCUT2D eigenvalue weighted by Gasteiger charge is -2.34. The van der Waals surface area contributed by atoms with Crippen LogP contribution in [-0.2, 0) is 9.59 Å². The van der Waals surface area contributed by atoms with Crippen molar-refractivity contribution in [2.75, 3.05) is 11.1 Å². The lowest BCUT2D eigenvalue weighted by molar-refractivity contribution is -0.161. The highest BCUT2D eigenvalue weighted by molar-refractivity contribution is 6.23. The first kappa shape index (κ1) is 20.7. The maximum Gasteiger partial charge on any atom is 0.406 e. The Morgan fingerprint density at radius 3 is 2.48 bits per heavy atom. The van der Waals surface area contributed by atoms with Gasteiger partial charge in [-0.15, -0.1) is 0 Å². The number of amides is 2. The van der Waals surface area contributed by atoms with Crippen LogP contribution in [-0.4, -0.2) is 35.2 Å². The maximum absolute atomic E-state index is 13.8. The molecule has 2 aromatic carbocycles. The van der Waals surface area contributed by atoms with Crippen LogP contribution in [0.2, 0.25) is 0 Å². The molecule has 2 aliphatic rings. The van der Waals surface area contributed by atoms with E-state index in [2.05, 4.69) is 16.1 Å². The summed E-state index contributed by atoms with van der Waals surface area (Å²) in [5, 5.41) is 6.35. The van der Waals surface area contributed by atoms with Gasteiger partial charge in [0.15, 0.2) is 0 Å². The van der Waals surface area contributed by atoms with Crippen LogP contribution in [0.3, 0.4) is 0 Å². The average Bonchev–Trinajstić information content (AvgIpc) is 3.09. The van der Waals surface area contributed by atoms with E-state index in [9.17, 15) is 22.8 Å². The van der Waals surface area contributed by atoms with E-state index >= 15 is 0 Å². The zero-order valence-electron chi connectivity index (χ0n) is 16.4. The number of carbonyl (C=O) groups excluding carboxylic acids is 2. The van der Waals surface area contributed by atoms with Crippen LogP contribution in [0.15, 0.2) is 65.9 Å². The van der Waals surface area contributed by atoms with E-state index in [1.54, 1.807) is 48.5 Å². The number of carbonyl (C=O) groups is 2. The van der Waals surface area contributed by atoms with Crippen LogP contribution < -0.4 is 21.8 Å². The number of nitrogens with one attached hydrogen (secondary N) is 3. The van der Waals surface area contributed by atoms with Gasteiger partial charge < -0.3 is 16.4 Å². The first-order valence-electron chi connectivity index (χ1n) is 9.52. The van der Waals surface area contributed by atoms with Crippen molar-refractivity contribution in [1.82, 2.24) is 15.8 Å². The van der Waals surface area contributed by atoms with E-state index in [1.165, 1.54) is 13.0 Å². The van der Waals surface area contributed by atoms with Crippen molar-refractivity contribution < 1.29 is 22.8 Å². The molecule has 0 radical (unpaired) electrons. The van der Waals surface area contributed by atoms with Gasteiger partial charge in [-0.25, -0.2) is 10.4 Å². The van der Waals surface area contributed by atoms with Gasteiger partial charge in [0.05, 0.1) is 5.92 Å². The number of nitrogen functional groups attached to an aromatic ring is 1. The Hall–Kier alpha value is -3.53. The van der Waals surface area contributed by atoms with Gasteiger partial charge in [0.1, 0.15) is 17.8 Å². The number of hydrogen-bond donors (Lipinski definition) is 4. The predicted octanol–water partition coefficient (Wildman–Crippen LogP) is 2.47.